The maximum absolute atomic E-state index is 12.7. The minimum Gasteiger partial charge on any atom is -0.494 e. The number of nitrogens with one attached hydrogen (secondary N) is 1. The van der Waals surface area contributed by atoms with E-state index in [9.17, 15) is 9.59 Å². The lowest BCUT2D eigenvalue weighted by Gasteiger charge is -2.17. The number of primary amides is 1. The lowest BCUT2D eigenvalue weighted by molar-refractivity contribution is -0.120. The Kier molecular flexibility index (Phi) is 3.70. The average molecular weight is 329 g/mol. The molecule has 3 N–H and O–H groups in total. The normalized spacial score (nSPS) is 21.2. The van der Waals surface area contributed by atoms with Crippen molar-refractivity contribution in [3.05, 3.63) is 23.0 Å². The molecule has 0 saturated heterocycles. The number of aromatic nitrogens is 1. The fraction of sp³-hybridized carbons (Fsp3) is 0.611. The van der Waals surface area contributed by atoms with Gasteiger partial charge in [0.1, 0.15) is 6.04 Å². The van der Waals surface area contributed by atoms with Crippen molar-refractivity contribution in [2.45, 2.75) is 56.4 Å². The molecule has 3 aliphatic carbocycles. The first kappa shape index (κ1) is 15.4. The molecular formula is C18H23N3O3. The highest BCUT2D eigenvalue weighted by Gasteiger charge is 2.38. The summed E-state index contributed by atoms with van der Waals surface area (Å²) in [5.74, 6) is 0.815. The summed E-state index contributed by atoms with van der Waals surface area (Å²) in [5, 5.41) is 2.76. The van der Waals surface area contributed by atoms with Gasteiger partial charge in [-0.1, -0.05) is 0 Å². The second-order valence-electron chi connectivity index (χ2n) is 7.25. The Bertz CT molecular complexity index is 691. The first-order valence-electron chi connectivity index (χ1n) is 8.77. The van der Waals surface area contributed by atoms with Crippen LogP contribution in [0.1, 0.15) is 72.1 Å². The van der Waals surface area contributed by atoms with Gasteiger partial charge in [-0.3, -0.25) is 9.59 Å². The average Bonchev–Trinajstić information content (AvgIpc) is 3.39. The smallest absolute Gasteiger partial charge is 0.274 e. The van der Waals surface area contributed by atoms with Crippen molar-refractivity contribution in [1.82, 2.24) is 10.3 Å². The molecule has 0 bridgehead atoms. The van der Waals surface area contributed by atoms with E-state index < -0.39 is 11.9 Å². The number of carbonyl (C=O) groups excluding carboxylic acids is 2. The number of ether oxygens (including phenoxy) is 1. The largest absolute Gasteiger partial charge is 0.494 e. The van der Waals surface area contributed by atoms with Gasteiger partial charge in [0.15, 0.2) is 11.4 Å². The van der Waals surface area contributed by atoms with Gasteiger partial charge in [0, 0.05) is 11.6 Å². The van der Waals surface area contributed by atoms with Crippen LogP contribution in [0, 0.1) is 5.92 Å². The molecule has 1 unspecified atom stereocenters. The van der Waals surface area contributed by atoms with Crippen LogP contribution in [0.3, 0.4) is 0 Å². The van der Waals surface area contributed by atoms with Crippen LogP contribution in [0.15, 0.2) is 6.07 Å². The second kappa shape index (κ2) is 5.76. The van der Waals surface area contributed by atoms with Crippen molar-refractivity contribution >= 4 is 11.8 Å². The minimum atomic E-state index is -0.614. The number of methoxy groups -OCH3 is 1. The molecule has 1 aromatic heterocycles. The van der Waals surface area contributed by atoms with Gasteiger partial charge in [0.2, 0.25) is 5.91 Å². The van der Waals surface area contributed by atoms with Gasteiger partial charge < -0.3 is 15.8 Å². The summed E-state index contributed by atoms with van der Waals surface area (Å²) in [6.07, 6.45) is 6.47. The third-order valence-corrected chi connectivity index (χ3v) is 5.15. The molecule has 3 fully saturated rings. The molecule has 3 aliphatic rings. The number of carbonyl (C=O) groups is 2. The quantitative estimate of drug-likeness (QED) is 0.798. The molecule has 1 heterocycles. The van der Waals surface area contributed by atoms with E-state index >= 15 is 0 Å². The molecule has 1 aromatic rings. The van der Waals surface area contributed by atoms with Crippen molar-refractivity contribution in [1.29, 1.82) is 0 Å². The molecule has 0 spiro atoms. The first-order chi connectivity index (χ1) is 11.6. The zero-order valence-electron chi connectivity index (χ0n) is 13.9. The van der Waals surface area contributed by atoms with Crippen LogP contribution in [0.25, 0.3) is 0 Å². The molecule has 128 valence electrons. The highest BCUT2D eigenvalue weighted by atomic mass is 16.5. The van der Waals surface area contributed by atoms with Crippen LogP contribution < -0.4 is 15.8 Å². The molecule has 3 saturated carbocycles. The van der Waals surface area contributed by atoms with E-state index in [0.717, 1.165) is 31.4 Å². The molecule has 4 rings (SSSR count). The lowest BCUT2D eigenvalue weighted by atomic mass is 10.0. The van der Waals surface area contributed by atoms with Crippen LogP contribution in [0.2, 0.25) is 0 Å². The van der Waals surface area contributed by atoms with Crippen LogP contribution in [-0.2, 0) is 4.79 Å². The molecule has 1 atom stereocenters. The SMILES string of the molecule is COc1cc(C2CC2)c(C2CC2)nc1C(=O)NC(C(N)=O)C1CC1. The van der Waals surface area contributed by atoms with Gasteiger partial charge in [0.05, 0.1) is 7.11 Å². The maximum Gasteiger partial charge on any atom is 0.274 e. The number of amides is 2. The summed E-state index contributed by atoms with van der Waals surface area (Å²) in [5.41, 5.74) is 7.99. The molecule has 0 aliphatic heterocycles. The number of pyridine rings is 1. The summed E-state index contributed by atoms with van der Waals surface area (Å²) < 4.78 is 5.42. The van der Waals surface area contributed by atoms with Crippen molar-refractivity contribution in [2.24, 2.45) is 11.7 Å². The van der Waals surface area contributed by atoms with Crippen molar-refractivity contribution in [2.75, 3.05) is 7.11 Å². The zero-order chi connectivity index (χ0) is 16.8. The highest BCUT2D eigenvalue weighted by molar-refractivity contribution is 5.98. The van der Waals surface area contributed by atoms with Gasteiger partial charge in [-0.05, 0) is 62.0 Å². The molecule has 24 heavy (non-hydrogen) atoms. The predicted octanol–water partition coefficient (Wildman–Crippen LogP) is 1.84. The van der Waals surface area contributed by atoms with E-state index in [4.69, 9.17) is 10.5 Å². The zero-order valence-corrected chi connectivity index (χ0v) is 13.9. The Hall–Kier alpha value is -2.11. The number of hydrogen-bond acceptors (Lipinski definition) is 4. The maximum atomic E-state index is 12.7. The Morgan fingerprint density at radius 3 is 2.38 bits per heavy atom. The van der Waals surface area contributed by atoms with E-state index in [2.05, 4.69) is 10.3 Å². The van der Waals surface area contributed by atoms with E-state index in [1.54, 1.807) is 7.11 Å². The standard InChI is InChI=1S/C18H23N3O3/c1-24-13-8-12(9-2-3-9)14(10-4-5-10)20-16(13)18(23)21-15(17(19)22)11-6-7-11/h8-11,15H,2-7H2,1H3,(H2,19,22)(H,21,23). The van der Waals surface area contributed by atoms with Gasteiger partial charge >= 0.3 is 0 Å². The van der Waals surface area contributed by atoms with Crippen LogP contribution in [0.4, 0.5) is 0 Å². The van der Waals surface area contributed by atoms with E-state index in [0.29, 0.717) is 17.6 Å². The Labute approximate surface area is 141 Å². The van der Waals surface area contributed by atoms with Gasteiger partial charge in [-0.15, -0.1) is 0 Å². The van der Waals surface area contributed by atoms with E-state index in [1.807, 2.05) is 6.07 Å². The molecular weight excluding hydrogens is 306 g/mol. The third-order valence-electron chi connectivity index (χ3n) is 5.15. The number of nitrogens with two attached hydrogens (primary N) is 1. The fourth-order valence-electron chi connectivity index (χ4n) is 3.31. The Balaban J connectivity index is 1.64. The summed E-state index contributed by atoms with van der Waals surface area (Å²) in [6, 6.07) is 1.36. The van der Waals surface area contributed by atoms with Crippen molar-refractivity contribution in [3.8, 4) is 5.75 Å². The van der Waals surface area contributed by atoms with E-state index in [-0.39, 0.29) is 17.5 Å². The number of nitrogens with zero attached hydrogens (tertiary/aromatic N) is 1. The Morgan fingerprint density at radius 1 is 1.21 bits per heavy atom. The number of hydrogen-bond donors (Lipinski definition) is 2. The Morgan fingerprint density at radius 2 is 1.88 bits per heavy atom. The predicted molar refractivity (Wildman–Crippen MR) is 87.9 cm³/mol. The summed E-state index contributed by atoms with van der Waals surface area (Å²) >= 11 is 0. The highest BCUT2D eigenvalue weighted by Crippen LogP contribution is 2.49. The summed E-state index contributed by atoms with van der Waals surface area (Å²) in [4.78, 5) is 29.0. The van der Waals surface area contributed by atoms with Gasteiger partial charge in [-0.2, -0.15) is 0 Å². The fourth-order valence-corrected chi connectivity index (χ4v) is 3.31. The third kappa shape index (κ3) is 2.97. The molecule has 2 amide bonds. The van der Waals surface area contributed by atoms with Crippen molar-refractivity contribution in [3.63, 3.8) is 0 Å². The monoisotopic (exact) mass is 329 g/mol. The first-order valence-corrected chi connectivity index (χ1v) is 8.77. The van der Waals surface area contributed by atoms with E-state index in [1.165, 1.54) is 18.4 Å². The van der Waals surface area contributed by atoms with Crippen LogP contribution in [-0.4, -0.2) is 29.9 Å². The molecule has 6 heteroatoms. The van der Waals surface area contributed by atoms with Gasteiger partial charge in [-0.25, -0.2) is 4.98 Å². The molecule has 0 aromatic carbocycles. The second-order valence-corrected chi connectivity index (χ2v) is 7.25. The summed E-state index contributed by atoms with van der Waals surface area (Å²) in [7, 11) is 1.55. The lowest BCUT2D eigenvalue weighted by Crippen LogP contribution is -2.46. The minimum absolute atomic E-state index is 0.158. The van der Waals surface area contributed by atoms with Crippen LogP contribution >= 0.6 is 0 Å². The topological polar surface area (TPSA) is 94.3 Å². The molecule has 6 nitrogen and oxygen atoms in total. The molecule has 0 radical (unpaired) electrons. The summed E-state index contributed by atoms with van der Waals surface area (Å²) in [6.45, 7) is 0. The van der Waals surface area contributed by atoms with Crippen molar-refractivity contribution < 1.29 is 14.3 Å². The van der Waals surface area contributed by atoms with Gasteiger partial charge in [0.25, 0.3) is 5.91 Å². The number of rotatable bonds is 7. The van der Waals surface area contributed by atoms with Crippen LogP contribution in [0.5, 0.6) is 5.75 Å².